The summed E-state index contributed by atoms with van der Waals surface area (Å²) in [4.78, 5) is 49.0. The van der Waals surface area contributed by atoms with Gasteiger partial charge in [-0.1, -0.05) is 37.3 Å². The Kier molecular flexibility index (Phi) is 13.0. The zero-order valence-corrected chi connectivity index (χ0v) is 20.2. The zero-order valence-electron chi connectivity index (χ0n) is 18.6. The molecule has 3 N–H and O–H groups in total. The number of carbonyl (C=O) groups excluding carboxylic acids is 4. The average Bonchev–Trinajstić information content (AvgIpc) is 2.74. The fourth-order valence-electron chi connectivity index (χ4n) is 3.10. The number of carbonyl (C=O) groups is 4. The van der Waals surface area contributed by atoms with Crippen LogP contribution in [0.25, 0.3) is 0 Å². The Balaban J connectivity index is 2.92. The van der Waals surface area contributed by atoms with Gasteiger partial charge in [0.25, 0.3) is 0 Å². The van der Waals surface area contributed by atoms with Gasteiger partial charge in [-0.3, -0.25) is 14.4 Å². The van der Waals surface area contributed by atoms with Crippen LogP contribution in [-0.2, 0) is 25.6 Å². The highest BCUT2D eigenvalue weighted by molar-refractivity contribution is 7.98. The third-order valence-corrected chi connectivity index (χ3v) is 6.18. The molecule has 31 heavy (non-hydrogen) atoms. The Morgan fingerprint density at radius 3 is 2.23 bits per heavy atom. The van der Waals surface area contributed by atoms with E-state index in [1.807, 2.05) is 49.8 Å². The molecule has 0 aromatic heterocycles. The van der Waals surface area contributed by atoms with Crippen molar-refractivity contribution in [3.8, 4) is 0 Å². The quantitative estimate of drug-likeness (QED) is 0.360. The fourth-order valence-corrected chi connectivity index (χ4v) is 4.29. The highest BCUT2D eigenvalue weighted by Gasteiger charge is 2.31. The van der Waals surface area contributed by atoms with Crippen LogP contribution in [0.1, 0.15) is 25.8 Å². The molecule has 1 aromatic rings. The summed E-state index contributed by atoms with van der Waals surface area (Å²) < 4.78 is 0. The molecule has 9 heteroatoms. The molecule has 0 aliphatic heterocycles. The summed E-state index contributed by atoms with van der Waals surface area (Å²) in [5.74, 6) is 0.0698. The summed E-state index contributed by atoms with van der Waals surface area (Å²) in [6.45, 7) is 3.24. The minimum absolute atomic E-state index is 0.165. The van der Waals surface area contributed by atoms with Crippen LogP contribution >= 0.6 is 23.5 Å². The van der Waals surface area contributed by atoms with Crippen LogP contribution in [0.5, 0.6) is 0 Å². The van der Waals surface area contributed by atoms with Crippen LogP contribution in [0.2, 0.25) is 0 Å². The van der Waals surface area contributed by atoms with Crippen molar-refractivity contribution in [1.29, 1.82) is 0 Å². The number of thioether (sulfide) groups is 2. The van der Waals surface area contributed by atoms with Crippen LogP contribution in [0.4, 0.5) is 0 Å². The Bertz CT molecular complexity index is 718. The van der Waals surface area contributed by atoms with E-state index in [4.69, 9.17) is 0 Å². The monoisotopic (exact) mass is 467 g/mol. The molecule has 0 spiro atoms. The highest BCUT2D eigenvalue weighted by atomic mass is 32.2. The average molecular weight is 468 g/mol. The van der Waals surface area contributed by atoms with Crippen LogP contribution in [0.15, 0.2) is 30.3 Å². The molecule has 1 rings (SSSR count). The zero-order chi connectivity index (χ0) is 23.2. The van der Waals surface area contributed by atoms with Crippen LogP contribution in [0.3, 0.4) is 0 Å². The molecule has 3 amide bonds. The molecule has 0 heterocycles. The van der Waals surface area contributed by atoms with Gasteiger partial charge in [0.05, 0.1) is 6.04 Å². The van der Waals surface area contributed by atoms with Gasteiger partial charge in [-0.05, 0) is 48.3 Å². The van der Waals surface area contributed by atoms with Gasteiger partial charge in [0.2, 0.25) is 17.7 Å². The van der Waals surface area contributed by atoms with E-state index in [0.29, 0.717) is 30.6 Å². The molecule has 0 bridgehead atoms. The first kappa shape index (κ1) is 27.0. The van der Waals surface area contributed by atoms with Gasteiger partial charge in [-0.25, -0.2) is 0 Å². The minimum Gasteiger partial charge on any atom is -0.345 e. The summed E-state index contributed by atoms with van der Waals surface area (Å²) in [6, 6.07) is 7.19. The van der Waals surface area contributed by atoms with Crippen molar-refractivity contribution in [1.82, 2.24) is 16.0 Å². The van der Waals surface area contributed by atoms with Crippen molar-refractivity contribution in [2.75, 3.05) is 24.0 Å². The smallest absolute Gasteiger partial charge is 0.243 e. The Morgan fingerprint density at radius 2 is 1.68 bits per heavy atom. The van der Waals surface area contributed by atoms with Crippen LogP contribution < -0.4 is 16.0 Å². The topological polar surface area (TPSA) is 104 Å². The van der Waals surface area contributed by atoms with Gasteiger partial charge in [0.1, 0.15) is 18.4 Å². The highest BCUT2D eigenvalue weighted by Crippen LogP contribution is 2.12. The van der Waals surface area contributed by atoms with E-state index in [0.717, 1.165) is 5.56 Å². The van der Waals surface area contributed by atoms with E-state index >= 15 is 0 Å². The molecule has 0 saturated heterocycles. The molecule has 0 radical (unpaired) electrons. The predicted octanol–water partition coefficient (Wildman–Crippen LogP) is 1.65. The van der Waals surface area contributed by atoms with Gasteiger partial charge >= 0.3 is 0 Å². The first-order valence-electron chi connectivity index (χ1n) is 10.2. The van der Waals surface area contributed by atoms with Crippen molar-refractivity contribution in [3.63, 3.8) is 0 Å². The molecular formula is C22H33N3O4S2. The number of benzene rings is 1. The maximum Gasteiger partial charge on any atom is 0.243 e. The first-order valence-corrected chi connectivity index (χ1v) is 13.0. The largest absolute Gasteiger partial charge is 0.345 e. The second kappa shape index (κ2) is 14.9. The van der Waals surface area contributed by atoms with Crippen molar-refractivity contribution in [3.05, 3.63) is 35.9 Å². The number of amides is 3. The van der Waals surface area contributed by atoms with E-state index in [1.165, 1.54) is 6.92 Å². The van der Waals surface area contributed by atoms with Gasteiger partial charge in [-0.15, -0.1) is 0 Å². The Labute approximate surface area is 193 Å². The second-order valence-corrected chi connectivity index (χ2v) is 9.29. The fraction of sp³-hybridized carbons (Fsp3) is 0.545. The van der Waals surface area contributed by atoms with Crippen LogP contribution in [-0.4, -0.2) is 66.2 Å². The number of aldehydes is 1. The third kappa shape index (κ3) is 10.2. The standard InChI is InChI=1S/C22H33N3O4S2/c1-15(14-31-4)20(25-21(28)19(10-11-30-3)23-16(2)27)22(29)24-18(13-26)12-17-8-6-5-7-9-17/h5-9,13,15,18-20H,10-12,14H2,1-4H3,(H,23,27)(H,24,29)(H,25,28)/t15-,18-,19-,20-/m0/s1. The molecule has 1 aromatic carbocycles. The number of nitrogens with one attached hydrogen (secondary N) is 3. The van der Waals surface area contributed by atoms with Gasteiger partial charge in [-0.2, -0.15) is 23.5 Å². The summed E-state index contributed by atoms with van der Waals surface area (Å²) >= 11 is 3.14. The predicted molar refractivity (Wildman–Crippen MR) is 128 cm³/mol. The van der Waals surface area contributed by atoms with Gasteiger partial charge in [0.15, 0.2) is 0 Å². The second-order valence-electron chi connectivity index (χ2n) is 7.39. The molecule has 172 valence electrons. The van der Waals surface area contributed by atoms with E-state index in [2.05, 4.69) is 16.0 Å². The van der Waals surface area contributed by atoms with Crippen molar-refractivity contribution in [2.45, 2.75) is 44.8 Å². The van der Waals surface area contributed by atoms with Crippen molar-refractivity contribution < 1.29 is 19.2 Å². The third-order valence-electron chi connectivity index (χ3n) is 4.67. The summed E-state index contributed by atoms with van der Waals surface area (Å²) in [6.07, 6.45) is 5.39. The molecule has 0 unspecified atom stereocenters. The normalized spacial score (nSPS) is 14.6. The van der Waals surface area contributed by atoms with E-state index < -0.39 is 29.9 Å². The Morgan fingerprint density at radius 1 is 1.00 bits per heavy atom. The molecule has 7 nitrogen and oxygen atoms in total. The molecular weight excluding hydrogens is 434 g/mol. The molecule has 4 atom stereocenters. The van der Waals surface area contributed by atoms with E-state index in [1.54, 1.807) is 23.5 Å². The lowest BCUT2D eigenvalue weighted by atomic mass is 10.0. The minimum atomic E-state index is -0.816. The van der Waals surface area contributed by atoms with E-state index in [-0.39, 0.29) is 11.8 Å². The first-order chi connectivity index (χ1) is 14.8. The van der Waals surface area contributed by atoms with Gasteiger partial charge < -0.3 is 20.7 Å². The van der Waals surface area contributed by atoms with Crippen molar-refractivity contribution in [2.24, 2.45) is 5.92 Å². The van der Waals surface area contributed by atoms with Crippen molar-refractivity contribution >= 4 is 47.5 Å². The lowest BCUT2D eigenvalue weighted by molar-refractivity contribution is -0.133. The number of rotatable bonds is 14. The van der Waals surface area contributed by atoms with Crippen LogP contribution in [0, 0.1) is 5.92 Å². The Hall–Kier alpha value is -2.00. The molecule has 0 saturated carbocycles. The summed E-state index contributed by atoms with van der Waals surface area (Å²) in [5, 5.41) is 8.22. The molecule has 0 aliphatic rings. The molecule has 0 aliphatic carbocycles. The maximum absolute atomic E-state index is 13.0. The SMILES string of the molecule is CSCC[C@H](NC(C)=O)C(=O)N[C@H](C(=O)N[C@H](C=O)Cc1ccccc1)[C@@H](C)CSC. The number of hydrogen-bond acceptors (Lipinski definition) is 6. The lowest BCUT2D eigenvalue weighted by Gasteiger charge is -2.27. The lowest BCUT2D eigenvalue weighted by Crippen LogP contribution is -2.57. The molecule has 0 fully saturated rings. The van der Waals surface area contributed by atoms with Gasteiger partial charge in [0, 0.05) is 6.92 Å². The van der Waals surface area contributed by atoms with E-state index in [9.17, 15) is 19.2 Å². The number of hydrogen-bond donors (Lipinski definition) is 3. The summed E-state index contributed by atoms with van der Waals surface area (Å²) in [7, 11) is 0. The summed E-state index contributed by atoms with van der Waals surface area (Å²) in [5.41, 5.74) is 0.931. The maximum atomic E-state index is 13.0.